The van der Waals surface area contributed by atoms with Crippen LogP contribution in [-0.4, -0.2) is 63.8 Å². The standard InChI is InChI=1S/C23H36N4O6S/c1-12(2)9-16(25-21(30)18(11-34)27-22(31)19(24)13(3)4)20(29)26-17(23(32)33)10-14-5-7-15(28)8-6-14/h5-8,12-13,16-19,28,34H,9-11,24H2,1-4H3,(H,25,30)(H,26,29)(H,27,31)(H,32,33). The van der Waals surface area contributed by atoms with Gasteiger partial charge >= 0.3 is 5.97 Å². The molecule has 0 spiro atoms. The zero-order valence-corrected chi connectivity index (χ0v) is 20.8. The molecule has 0 bridgehead atoms. The highest BCUT2D eigenvalue weighted by Crippen LogP contribution is 2.12. The zero-order valence-electron chi connectivity index (χ0n) is 19.9. The number of phenolic OH excluding ortho intramolecular Hbond substituents is 1. The zero-order chi connectivity index (χ0) is 26.0. The number of nitrogens with two attached hydrogens (primary N) is 1. The van der Waals surface area contributed by atoms with Gasteiger partial charge < -0.3 is 31.9 Å². The van der Waals surface area contributed by atoms with E-state index in [-0.39, 0.29) is 36.2 Å². The molecule has 0 heterocycles. The van der Waals surface area contributed by atoms with Gasteiger partial charge in [-0.25, -0.2) is 4.79 Å². The number of thiol groups is 1. The van der Waals surface area contributed by atoms with Crippen LogP contribution in [0.5, 0.6) is 5.75 Å². The summed E-state index contributed by atoms with van der Waals surface area (Å²) in [5, 5.41) is 26.6. The number of carboxylic acids is 1. The van der Waals surface area contributed by atoms with Crippen LogP contribution in [0.2, 0.25) is 0 Å². The number of carbonyl (C=O) groups is 4. The molecule has 190 valence electrons. The molecule has 1 aromatic carbocycles. The predicted octanol–water partition coefficient (Wildman–Crippen LogP) is 0.433. The molecule has 3 amide bonds. The molecule has 0 aromatic heterocycles. The quantitative estimate of drug-likeness (QED) is 0.194. The normalized spacial score (nSPS) is 14.7. The van der Waals surface area contributed by atoms with E-state index >= 15 is 0 Å². The Labute approximate surface area is 205 Å². The maximum absolute atomic E-state index is 12.9. The van der Waals surface area contributed by atoms with Crippen molar-refractivity contribution in [1.82, 2.24) is 16.0 Å². The lowest BCUT2D eigenvalue weighted by atomic mass is 10.0. The smallest absolute Gasteiger partial charge is 0.326 e. The lowest BCUT2D eigenvalue weighted by Crippen LogP contribution is -2.58. The first-order chi connectivity index (χ1) is 15.8. The molecule has 4 unspecified atom stereocenters. The van der Waals surface area contributed by atoms with E-state index in [1.54, 1.807) is 26.0 Å². The van der Waals surface area contributed by atoms with Gasteiger partial charge in [-0.2, -0.15) is 12.6 Å². The molecular weight excluding hydrogens is 460 g/mol. The van der Waals surface area contributed by atoms with E-state index in [1.807, 2.05) is 13.8 Å². The fourth-order valence-electron chi connectivity index (χ4n) is 3.08. The Morgan fingerprint density at radius 1 is 0.882 bits per heavy atom. The first kappa shape index (κ1) is 29.2. The summed E-state index contributed by atoms with van der Waals surface area (Å²) in [5.74, 6) is -3.12. The first-order valence-electron chi connectivity index (χ1n) is 11.1. The lowest BCUT2D eigenvalue weighted by Gasteiger charge is -2.26. The van der Waals surface area contributed by atoms with E-state index in [1.165, 1.54) is 12.1 Å². The Morgan fingerprint density at radius 2 is 1.38 bits per heavy atom. The Hall–Kier alpha value is -2.79. The maximum atomic E-state index is 12.9. The van der Waals surface area contributed by atoms with Crippen molar-refractivity contribution in [2.45, 2.75) is 64.7 Å². The SMILES string of the molecule is CC(C)CC(NC(=O)C(CS)NC(=O)C(N)C(C)C)C(=O)NC(Cc1ccc(O)cc1)C(=O)O. The number of amides is 3. The number of carbonyl (C=O) groups excluding carboxylic acids is 3. The number of carboxylic acid groups (broad SMARTS) is 1. The summed E-state index contributed by atoms with van der Waals surface area (Å²) >= 11 is 4.13. The van der Waals surface area contributed by atoms with Crippen molar-refractivity contribution < 1.29 is 29.4 Å². The molecule has 10 nitrogen and oxygen atoms in total. The monoisotopic (exact) mass is 496 g/mol. The van der Waals surface area contributed by atoms with Crippen molar-refractivity contribution in [1.29, 1.82) is 0 Å². The van der Waals surface area contributed by atoms with Crippen LogP contribution >= 0.6 is 12.6 Å². The van der Waals surface area contributed by atoms with Gasteiger partial charge in [-0.1, -0.05) is 39.8 Å². The van der Waals surface area contributed by atoms with Crippen LogP contribution in [0.15, 0.2) is 24.3 Å². The Morgan fingerprint density at radius 3 is 1.85 bits per heavy atom. The second kappa shape index (κ2) is 13.8. The van der Waals surface area contributed by atoms with Crippen LogP contribution in [0.4, 0.5) is 0 Å². The summed E-state index contributed by atoms with van der Waals surface area (Å²) in [7, 11) is 0. The number of benzene rings is 1. The van der Waals surface area contributed by atoms with Gasteiger partial charge in [0.25, 0.3) is 0 Å². The largest absolute Gasteiger partial charge is 0.508 e. The summed E-state index contributed by atoms with van der Waals surface area (Å²) in [6, 6.07) is 1.89. The van der Waals surface area contributed by atoms with Gasteiger partial charge in [-0.15, -0.1) is 0 Å². The fraction of sp³-hybridized carbons (Fsp3) is 0.565. The fourth-order valence-corrected chi connectivity index (χ4v) is 3.34. The molecule has 1 rings (SSSR count). The molecule has 0 saturated carbocycles. The van der Waals surface area contributed by atoms with E-state index in [0.29, 0.717) is 5.56 Å². The molecule has 11 heteroatoms. The summed E-state index contributed by atoms with van der Waals surface area (Å²) in [5.41, 5.74) is 6.44. The number of aliphatic carboxylic acids is 1. The minimum atomic E-state index is -1.24. The van der Waals surface area contributed by atoms with Gasteiger partial charge in [0.2, 0.25) is 17.7 Å². The third-order valence-corrected chi connectivity index (χ3v) is 5.53. The number of aromatic hydroxyl groups is 1. The van der Waals surface area contributed by atoms with E-state index in [0.717, 1.165) is 0 Å². The molecule has 34 heavy (non-hydrogen) atoms. The van der Waals surface area contributed by atoms with Crippen LogP contribution < -0.4 is 21.7 Å². The van der Waals surface area contributed by atoms with Crippen molar-refractivity contribution in [2.75, 3.05) is 5.75 Å². The van der Waals surface area contributed by atoms with Gasteiger partial charge in [0.15, 0.2) is 0 Å². The van der Waals surface area contributed by atoms with Crippen molar-refractivity contribution in [3.63, 3.8) is 0 Å². The average molecular weight is 497 g/mol. The molecule has 0 aliphatic heterocycles. The van der Waals surface area contributed by atoms with E-state index in [4.69, 9.17) is 5.73 Å². The summed E-state index contributed by atoms with van der Waals surface area (Å²) in [6.45, 7) is 7.27. The highest BCUT2D eigenvalue weighted by molar-refractivity contribution is 7.80. The van der Waals surface area contributed by atoms with E-state index in [2.05, 4.69) is 28.6 Å². The van der Waals surface area contributed by atoms with E-state index in [9.17, 15) is 29.4 Å². The van der Waals surface area contributed by atoms with Crippen LogP contribution in [0.25, 0.3) is 0 Å². The number of hydrogen-bond acceptors (Lipinski definition) is 7. The van der Waals surface area contributed by atoms with Gasteiger partial charge in [-0.05, 0) is 36.0 Å². The van der Waals surface area contributed by atoms with Crippen molar-refractivity contribution >= 4 is 36.3 Å². The van der Waals surface area contributed by atoms with Crippen molar-refractivity contribution in [3.05, 3.63) is 29.8 Å². The molecule has 1 aromatic rings. The van der Waals surface area contributed by atoms with Crippen LogP contribution in [-0.2, 0) is 25.6 Å². The maximum Gasteiger partial charge on any atom is 0.326 e. The van der Waals surface area contributed by atoms with Crippen LogP contribution in [0.1, 0.15) is 39.7 Å². The van der Waals surface area contributed by atoms with Crippen molar-refractivity contribution in [3.8, 4) is 5.75 Å². The Kier molecular flexibility index (Phi) is 11.9. The molecule has 7 N–H and O–H groups in total. The van der Waals surface area contributed by atoms with Crippen LogP contribution in [0.3, 0.4) is 0 Å². The topological polar surface area (TPSA) is 171 Å². The minimum Gasteiger partial charge on any atom is -0.508 e. The third-order valence-electron chi connectivity index (χ3n) is 5.17. The number of hydrogen-bond donors (Lipinski definition) is 7. The van der Waals surface area contributed by atoms with Crippen molar-refractivity contribution in [2.24, 2.45) is 17.6 Å². The number of rotatable bonds is 13. The van der Waals surface area contributed by atoms with E-state index < -0.39 is 47.9 Å². The summed E-state index contributed by atoms with van der Waals surface area (Å²) in [4.78, 5) is 49.8. The molecule has 0 radical (unpaired) electrons. The first-order valence-corrected chi connectivity index (χ1v) is 11.8. The molecule has 0 fully saturated rings. The van der Waals surface area contributed by atoms with Gasteiger partial charge in [0, 0.05) is 12.2 Å². The van der Waals surface area contributed by atoms with Gasteiger partial charge in [0.1, 0.15) is 23.9 Å². The minimum absolute atomic E-state index is 0.00783. The number of nitrogens with one attached hydrogen (secondary N) is 3. The Bertz CT molecular complexity index is 846. The average Bonchev–Trinajstić information content (AvgIpc) is 2.76. The molecule has 4 atom stereocenters. The summed E-state index contributed by atoms with van der Waals surface area (Å²) < 4.78 is 0. The summed E-state index contributed by atoms with van der Waals surface area (Å²) in [6.07, 6.45) is 0.244. The van der Waals surface area contributed by atoms with Gasteiger partial charge in [-0.3, -0.25) is 14.4 Å². The molecule has 0 saturated heterocycles. The molecule has 0 aliphatic carbocycles. The predicted molar refractivity (Wildman–Crippen MR) is 131 cm³/mol. The third kappa shape index (κ3) is 9.60. The number of phenols is 1. The molecular formula is C23H36N4O6S. The van der Waals surface area contributed by atoms with Crippen LogP contribution in [0, 0.1) is 11.8 Å². The highest BCUT2D eigenvalue weighted by Gasteiger charge is 2.30. The lowest BCUT2D eigenvalue weighted by molar-refractivity contribution is -0.142. The van der Waals surface area contributed by atoms with Gasteiger partial charge in [0.05, 0.1) is 6.04 Å². The molecule has 0 aliphatic rings. The highest BCUT2D eigenvalue weighted by atomic mass is 32.1. The Balaban J connectivity index is 2.93. The second-order valence-corrected chi connectivity index (χ2v) is 9.34. The second-order valence-electron chi connectivity index (χ2n) is 8.97.